The second kappa shape index (κ2) is 4.04. The summed E-state index contributed by atoms with van der Waals surface area (Å²) in [5.74, 6) is 0.739. The average molecular weight is 167 g/mol. The molecule has 0 amide bonds. The van der Waals surface area contributed by atoms with Crippen LogP contribution in [0.5, 0.6) is 5.75 Å². The largest absolute Gasteiger partial charge is 0.496 e. The molecular formula is C8H13N3O. The maximum Gasteiger partial charge on any atom is 0.126 e. The molecule has 1 atom stereocenters. The maximum atomic E-state index is 5.73. The Morgan fingerprint density at radius 1 is 1.67 bits per heavy atom. The summed E-state index contributed by atoms with van der Waals surface area (Å²) in [6.45, 7) is 0.391. The normalized spacial score (nSPS) is 12.6. The molecule has 4 nitrogen and oxygen atoms in total. The highest BCUT2D eigenvalue weighted by molar-refractivity contribution is 5.32. The van der Waals surface area contributed by atoms with Crippen LogP contribution in [0.4, 0.5) is 0 Å². The summed E-state index contributed by atoms with van der Waals surface area (Å²) in [5, 5.41) is 0. The van der Waals surface area contributed by atoms with E-state index in [9.17, 15) is 0 Å². The van der Waals surface area contributed by atoms with Crippen molar-refractivity contribution in [3.63, 3.8) is 0 Å². The molecular weight excluding hydrogens is 154 g/mol. The van der Waals surface area contributed by atoms with Crippen molar-refractivity contribution >= 4 is 0 Å². The molecule has 1 rings (SSSR count). The predicted molar refractivity (Wildman–Crippen MR) is 46.8 cm³/mol. The summed E-state index contributed by atoms with van der Waals surface area (Å²) in [6, 6.07) is 1.57. The van der Waals surface area contributed by atoms with E-state index in [1.54, 1.807) is 25.6 Å². The number of ether oxygens (including phenoxy) is 1. The minimum atomic E-state index is -0.200. The second-order valence-electron chi connectivity index (χ2n) is 2.46. The molecule has 66 valence electrons. The molecule has 1 heterocycles. The van der Waals surface area contributed by atoms with Crippen LogP contribution in [0, 0.1) is 0 Å². The van der Waals surface area contributed by atoms with Crippen molar-refractivity contribution < 1.29 is 4.74 Å². The molecule has 0 aliphatic carbocycles. The first-order chi connectivity index (χ1) is 5.79. The zero-order chi connectivity index (χ0) is 8.97. The molecule has 1 unspecified atom stereocenters. The van der Waals surface area contributed by atoms with Gasteiger partial charge in [0.25, 0.3) is 0 Å². The van der Waals surface area contributed by atoms with E-state index in [1.807, 2.05) is 0 Å². The highest BCUT2D eigenvalue weighted by Crippen LogP contribution is 2.20. The van der Waals surface area contributed by atoms with Crippen molar-refractivity contribution in [3.8, 4) is 5.75 Å². The summed E-state index contributed by atoms with van der Waals surface area (Å²) < 4.78 is 5.09. The predicted octanol–water partition coefficient (Wildman–Crippen LogP) is 0.0487. The van der Waals surface area contributed by atoms with Gasteiger partial charge in [-0.05, 0) is 6.07 Å². The number of pyridine rings is 1. The number of nitrogens with two attached hydrogens (primary N) is 2. The summed E-state index contributed by atoms with van der Waals surface area (Å²) in [7, 11) is 1.60. The number of aromatic nitrogens is 1. The zero-order valence-electron chi connectivity index (χ0n) is 7.03. The first-order valence-corrected chi connectivity index (χ1v) is 3.73. The average Bonchev–Trinajstić information content (AvgIpc) is 2.16. The Labute approximate surface area is 71.5 Å². The molecule has 0 aliphatic heterocycles. The first-order valence-electron chi connectivity index (χ1n) is 3.73. The van der Waals surface area contributed by atoms with Crippen molar-refractivity contribution in [2.75, 3.05) is 13.7 Å². The Balaban J connectivity index is 2.96. The van der Waals surface area contributed by atoms with E-state index < -0.39 is 0 Å². The fourth-order valence-corrected chi connectivity index (χ4v) is 0.985. The Hall–Kier alpha value is -1.13. The topological polar surface area (TPSA) is 74.2 Å². The monoisotopic (exact) mass is 167 g/mol. The molecule has 0 aliphatic rings. The molecule has 0 fully saturated rings. The Kier molecular flexibility index (Phi) is 3.01. The lowest BCUT2D eigenvalue weighted by molar-refractivity contribution is 0.405. The Morgan fingerprint density at radius 2 is 2.42 bits per heavy atom. The van der Waals surface area contributed by atoms with E-state index in [0.29, 0.717) is 6.54 Å². The van der Waals surface area contributed by atoms with E-state index in [0.717, 1.165) is 11.3 Å². The quantitative estimate of drug-likeness (QED) is 0.667. The lowest BCUT2D eigenvalue weighted by Crippen LogP contribution is -2.21. The van der Waals surface area contributed by atoms with Crippen molar-refractivity contribution in [1.29, 1.82) is 0 Å². The van der Waals surface area contributed by atoms with Crippen LogP contribution in [0.15, 0.2) is 18.5 Å². The van der Waals surface area contributed by atoms with E-state index in [2.05, 4.69) is 4.98 Å². The fraction of sp³-hybridized carbons (Fsp3) is 0.375. The van der Waals surface area contributed by atoms with Crippen LogP contribution >= 0.6 is 0 Å². The third-order valence-electron chi connectivity index (χ3n) is 1.68. The molecule has 4 heteroatoms. The smallest absolute Gasteiger partial charge is 0.126 e. The van der Waals surface area contributed by atoms with Gasteiger partial charge >= 0.3 is 0 Å². The van der Waals surface area contributed by atoms with E-state index in [-0.39, 0.29) is 6.04 Å². The van der Waals surface area contributed by atoms with Gasteiger partial charge in [-0.2, -0.15) is 0 Å². The van der Waals surface area contributed by atoms with Gasteiger partial charge in [0, 0.05) is 30.5 Å². The Morgan fingerprint density at radius 3 is 3.00 bits per heavy atom. The van der Waals surface area contributed by atoms with Crippen LogP contribution in [0.1, 0.15) is 11.6 Å². The number of rotatable bonds is 3. The van der Waals surface area contributed by atoms with E-state index >= 15 is 0 Å². The molecule has 0 spiro atoms. The molecule has 0 aromatic carbocycles. The summed E-state index contributed by atoms with van der Waals surface area (Å²) >= 11 is 0. The van der Waals surface area contributed by atoms with Gasteiger partial charge < -0.3 is 16.2 Å². The minimum absolute atomic E-state index is 0.200. The van der Waals surface area contributed by atoms with Crippen molar-refractivity contribution in [1.82, 2.24) is 4.98 Å². The van der Waals surface area contributed by atoms with E-state index in [1.165, 1.54) is 0 Å². The fourth-order valence-electron chi connectivity index (χ4n) is 0.985. The van der Waals surface area contributed by atoms with Crippen LogP contribution in [-0.2, 0) is 0 Å². The highest BCUT2D eigenvalue weighted by atomic mass is 16.5. The number of methoxy groups -OCH3 is 1. The van der Waals surface area contributed by atoms with Crippen molar-refractivity contribution in [2.24, 2.45) is 11.5 Å². The standard InChI is InChI=1S/C8H13N3O/c1-12-8-2-3-11-5-6(8)7(10)4-9/h2-3,5,7H,4,9-10H2,1H3. The zero-order valence-corrected chi connectivity index (χ0v) is 7.03. The van der Waals surface area contributed by atoms with Crippen LogP contribution in [0.3, 0.4) is 0 Å². The third kappa shape index (κ3) is 1.72. The van der Waals surface area contributed by atoms with Crippen molar-refractivity contribution in [3.05, 3.63) is 24.0 Å². The van der Waals surface area contributed by atoms with Gasteiger partial charge in [0.1, 0.15) is 5.75 Å². The molecule has 0 bridgehead atoms. The van der Waals surface area contributed by atoms with Gasteiger partial charge in [-0.1, -0.05) is 0 Å². The van der Waals surface area contributed by atoms with Gasteiger partial charge in [-0.3, -0.25) is 4.98 Å². The maximum absolute atomic E-state index is 5.73. The summed E-state index contributed by atoms with van der Waals surface area (Å²) in [6.07, 6.45) is 3.34. The molecule has 12 heavy (non-hydrogen) atoms. The highest BCUT2D eigenvalue weighted by Gasteiger charge is 2.08. The molecule has 4 N–H and O–H groups in total. The molecule has 0 saturated heterocycles. The van der Waals surface area contributed by atoms with Gasteiger partial charge in [-0.15, -0.1) is 0 Å². The van der Waals surface area contributed by atoms with Crippen LogP contribution in [-0.4, -0.2) is 18.6 Å². The van der Waals surface area contributed by atoms with Crippen LogP contribution < -0.4 is 16.2 Å². The number of hydrogen-bond acceptors (Lipinski definition) is 4. The lowest BCUT2D eigenvalue weighted by atomic mass is 10.1. The van der Waals surface area contributed by atoms with Gasteiger partial charge in [-0.25, -0.2) is 0 Å². The van der Waals surface area contributed by atoms with Crippen LogP contribution in [0.2, 0.25) is 0 Å². The first kappa shape index (κ1) is 8.96. The van der Waals surface area contributed by atoms with Gasteiger partial charge in [0.2, 0.25) is 0 Å². The summed E-state index contributed by atoms with van der Waals surface area (Å²) in [5.41, 5.74) is 12.0. The van der Waals surface area contributed by atoms with Gasteiger partial charge in [0.05, 0.1) is 7.11 Å². The van der Waals surface area contributed by atoms with Gasteiger partial charge in [0.15, 0.2) is 0 Å². The number of hydrogen-bond donors (Lipinski definition) is 2. The number of nitrogens with zero attached hydrogens (tertiary/aromatic N) is 1. The molecule has 1 aromatic heterocycles. The minimum Gasteiger partial charge on any atom is -0.496 e. The third-order valence-corrected chi connectivity index (χ3v) is 1.68. The van der Waals surface area contributed by atoms with Crippen molar-refractivity contribution in [2.45, 2.75) is 6.04 Å². The lowest BCUT2D eigenvalue weighted by Gasteiger charge is -2.12. The Bertz CT molecular complexity index is 252. The molecule has 0 saturated carbocycles. The van der Waals surface area contributed by atoms with E-state index in [4.69, 9.17) is 16.2 Å². The molecule has 1 aromatic rings. The second-order valence-corrected chi connectivity index (χ2v) is 2.46. The summed E-state index contributed by atoms with van der Waals surface area (Å²) in [4.78, 5) is 3.95. The van der Waals surface area contributed by atoms with Crippen LogP contribution in [0.25, 0.3) is 0 Å². The SMILES string of the molecule is COc1ccncc1C(N)CN. The molecule has 0 radical (unpaired) electrons.